The summed E-state index contributed by atoms with van der Waals surface area (Å²) in [5.74, 6) is 0.0349. The molecular formula is C34H38N3O5+. The minimum absolute atomic E-state index is 0.0301. The van der Waals surface area contributed by atoms with E-state index in [1.165, 1.54) is 0 Å². The molecule has 3 aromatic rings. The zero-order valence-electron chi connectivity index (χ0n) is 23.8. The zero-order chi connectivity index (χ0) is 28.9. The van der Waals surface area contributed by atoms with Crippen LogP contribution in [-0.4, -0.2) is 85.6 Å². The number of hydrogen-bond donors (Lipinski definition) is 1. The second-order valence-electron chi connectivity index (χ2n) is 11.7. The Labute approximate surface area is 246 Å². The van der Waals surface area contributed by atoms with E-state index in [-0.39, 0.29) is 23.8 Å². The lowest BCUT2D eigenvalue weighted by molar-refractivity contribution is -0.938. The minimum atomic E-state index is -0.627. The van der Waals surface area contributed by atoms with Crippen molar-refractivity contribution in [2.75, 3.05) is 57.8 Å². The summed E-state index contributed by atoms with van der Waals surface area (Å²) in [5.41, 5.74) is 2.90. The lowest BCUT2D eigenvalue weighted by atomic mass is 9.82. The number of carbonyl (C=O) groups is 3. The molecule has 4 saturated heterocycles. The Morgan fingerprint density at radius 1 is 0.857 bits per heavy atom. The number of benzene rings is 3. The number of esters is 1. The van der Waals surface area contributed by atoms with E-state index in [0.29, 0.717) is 60.9 Å². The van der Waals surface area contributed by atoms with Crippen molar-refractivity contribution < 1.29 is 28.3 Å². The number of ketones is 1. The number of carbonyl (C=O) groups excluding carboxylic acids is 3. The van der Waals surface area contributed by atoms with Crippen LogP contribution in [0.3, 0.4) is 0 Å². The van der Waals surface area contributed by atoms with E-state index >= 15 is 0 Å². The molecule has 0 saturated carbocycles. The summed E-state index contributed by atoms with van der Waals surface area (Å²) < 4.78 is 12.2. The van der Waals surface area contributed by atoms with E-state index in [4.69, 9.17) is 9.47 Å². The predicted octanol–water partition coefficient (Wildman–Crippen LogP) is 4.35. The molecule has 0 radical (unpaired) electrons. The number of nitrogens with one attached hydrogen (secondary N) is 1. The second-order valence-corrected chi connectivity index (χ2v) is 11.7. The second kappa shape index (κ2) is 12.5. The van der Waals surface area contributed by atoms with Gasteiger partial charge in [0.1, 0.15) is 13.1 Å². The third kappa shape index (κ3) is 6.25. The number of nitrogens with zero attached hydrogens (tertiary/aromatic N) is 2. The molecule has 1 N–H and O–H groups in total. The van der Waals surface area contributed by atoms with Crippen molar-refractivity contribution in [2.45, 2.75) is 25.0 Å². The summed E-state index contributed by atoms with van der Waals surface area (Å²) >= 11 is 0. The van der Waals surface area contributed by atoms with Gasteiger partial charge >= 0.3 is 5.97 Å². The standard InChI is InChI=1S/C34H38N3O5/c38-30(25-11-13-28(14-12-25)33(39)36-17-21-41-22-18-36)23-37-19-15-26(16-20-37)31(24-37)42-34(40)32(27-7-3-1-4-8-27)35-29-9-5-2-6-10-29/h1-14,26,31-32,35H,15-24H2/q+1/t26?,31-,32+,37?/m0/s1. The molecule has 218 valence electrons. The molecule has 0 aromatic heterocycles. The Hall–Kier alpha value is -4.01. The van der Waals surface area contributed by atoms with Crippen molar-refractivity contribution in [2.24, 2.45) is 5.92 Å². The monoisotopic (exact) mass is 568 g/mol. The molecule has 0 aliphatic carbocycles. The number of amides is 1. The largest absolute Gasteiger partial charge is 0.454 e. The van der Waals surface area contributed by atoms with Gasteiger partial charge in [0.15, 0.2) is 12.1 Å². The van der Waals surface area contributed by atoms with Gasteiger partial charge in [-0.2, -0.15) is 0 Å². The van der Waals surface area contributed by atoms with E-state index in [9.17, 15) is 14.4 Å². The first-order valence-corrected chi connectivity index (χ1v) is 14.9. The van der Waals surface area contributed by atoms with Crippen LogP contribution in [-0.2, 0) is 14.3 Å². The molecule has 8 heteroatoms. The number of anilines is 1. The van der Waals surface area contributed by atoms with Crippen molar-refractivity contribution >= 4 is 23.3 Å². The molecule has 42 heavy (non-hydrogen) atoms. The van der Waals surface area contributed by atoms with Crippen molar-refractivity contribution in [3.8, 4) is 0 Å². The van der Waals surface area contributed by atoms with Crippen LogP contribution in [0.4, 0.5) is 5.69 Å². The Morgan fingerprint density at radius 3 is 2.14 bits per heavy atom. The smallest absolute Gasteiger partial charge is 0.333 e. The number of ether oxygens (including phenoxy) is 2. The van der Waals surface area contributed by atoms with Crippen LogP contribution in [0, 0.1) is 5.92 Å². The molecule has 2 atom stereocenters. The first-order valence-electron chi connectivity index (χ1n) is 14.9. The van der Waals surface area contributed by atoms with Gasteiger partial charge in [0.05, 0.1) is 26.3 Å². The van der Waals surface area contributed by atoms with Gasteiger partial charge in [-0.25, -0.2) is 4.79 Å². The Morgan fingerprint density at radius 2 is 1.48 bits per heavy atom. The lowest BCUT2D eigenvalue weighted by Gasteiger charge is -2.51. The quantitative estimate of drug-likeness (QED) is 0.235. The number of para-hydroxylation sites is 1. The van der Waals surface area contributed by atoms with Crippen LogP contribution in [0.1, 0.15) is 45.2 Å². The third-order valence-corrected chi connectivity index (χ3v) is 8.99. The van der Waals surface area contributed by atoms with Gasteiger partial charge in [-0.15, -0.1) is 0 Å². The van der Waals surface area contributed by atoms with Crippen LogP contribution in [0.5, 0.6) is 0 Å². The Bertz CT molecular complexity index is 1380. The molecule has 8 nitrogen and oxygen atoms in total. The fraction of sp³-hybridized carbons (Fsp3) is 0.382. The van der Waals surface area contributed by atoms with Gasteiger partial charge in [-0.3, -0.25) is 9.59 Å². The number of quaternary nitrogens is 1. The van der Waals surface area contributed by atoms with Crippen LogP contribution in [0.25, 0.3) is 0 Å². The van der Waals surface area contributed by atoms with Crippen LogP contribution in [0.2, 0.25) is 0 Å². The van der Waals surface area contributed by atoms with Crippen molar-refractivity contribution in [3.63, 3.8) is 0 Å². The number of fused-ring (bicyclic) bond motifs is 3. The van der Waals surface area contributed by atoms with Gasteiger partial charge < -0.3 is 24.2 Å². The maximum absolute atomic E-state index is 13.6. The zero-order valence-corrected chi connectivity index (χ0v) is 23.8. The highest BCUT2D eigenvalue weighted by molar-refractivity contribution is 5.99. The van der Waals surface area contributed by atoms with Gasteiger partial charge in [0.25, 0.3) is 5.91 Å². The van der Waals surface area contributed by atoms with Crippen LogP contribution in [0.15, 0.2) is 84.9 Å². The highest BCUT2D eigenvalue weighted by Crippen LogP contribution is 2.37. The molecule has 0 spiro atoms. The van der Waals surface area contributed by atoms with Crippen molar-refractivity contribution in [1.82, 2.24) is 4.90 Å². The summed E-state index contributed by atoms with van der Waals surface area (Å²) in [6.07, 6.45) is 1.63. The molecule has 4 fully saturated rings. The molecule has 7 rings (SSSR count). The highest BCUT2D eigenvalue weighted by atomic mass is 16.5. The maximum atomic E-state index is 13.6. The van der Waals surface area contributed by atoms with Crippen molar-refractivity contribution in [1.29, 1.82) is 0 Å². The normalized spacial score (nSPS) is 24.0. The van der Waals surface area contributed by atoms with E-state index < -0.39 is 6.04 Å². The summed E-state index contributed by atoms with van der Waals surface area (Å²) in [4.78, 5) is 41.7. The predicted molar refractivity (Wildman–Crippen MR) is 159 cm³/mol. The number of morpholine rings is 1. The Balaban J connectivity index is 1.11. The van der Waals surface area contributed by atoms with Crippen molar-refractivity contribution in [3.05, 3.63) is 102 Å². The first-order chi connectivity index (χ1) is 20.5. The van der Waals surface area contributed by atoms with E-state index in [1.54, 1.807) is 29.2 Å². The molecule has 4 aliphatic rings. The highest BCUT2D eigenvalue weighted by Gasteiger charge is 2.49. The lowest BCUT2D eigenvalue weighted by Crippen LogP contribution is -2.65. The Kier molecular flexibility index (Phi) is 8.35. The molecule has 2 bridgehead atoms. The molecule has 3 aromatic carbocycles. The van der Waals surface area contributed by atoms with E-state index in [0.717, 1.165) is 37.2 Å². The molecular weight excluding hydrogens is 530 g/mol. The van der Waals surface area contributed by atoms with E-state index in [2.05, 4.69) is 5.32 Å². The average Bonchev–Trinajstić information content (AvgIpc) is 3.05. The van der Waals surface area contributed by atoms with Gasteiger partial charge in [-0.05, 0) is 29.8 Å². The number of hydrogen-bond acceptors (Lipinski definition) is 6. The average molecular weight is 569 g/mol. The van der Waals surface area contributed by atoms with E-state index in [1.807, 2.05) is 60.7 Å². The minimum Gasteiger partial charge on any atom is -0.454 e. The fourth-order valence-corrected chi connectivity index (χ4v) is 6.56. The number of piperidine rings is 3. The number of Topliss-reactive ketones (excluding diaryl/α,β-unsaturated/α-hetero) is 1. The maximum Gasteiger partial charge on any atom is 0.333 e. The topological polar surface area (TPSA) is 84.9 Å². The van der Waals surface area contributed by atoms with Crippen LogP contribution >= 0.6 is 0 Å². The SMILES string of the molecule is O=C(C[N+]12CCC(CC1)[C@@H](OC(=O)[C@H](Nc1ccccc1)c1ccccc1)C2)c1ccc(C(=O)N2CCOCC2)cc1. The van der Waals surface area contributed by atoms with Gasteiger partial charge in [-0.1, -0.05) is 60.7 Å². The molecule has 4 aliphatic heterocycles. The molecule has 0 unspecified atom stereocenters. The molecule has 4 heterocycles. The first kappa shape index (κ1) is 28.1. The summed E-state index contributed by atoms with van der Waals surface area (Å²) in [5, 5.41) is 3.36. The number of rotatable bonds is 9. The van der Waals surface area contributed by atoms with Gasteiger partial charge in [0, 0.05) is 48.7 Å². The third-order valence-electron chi connectivity index (χ3n) is 8.99. The molecule has 1 amide bonds. The van der Waals surface area contributed by atoms with Crippen LogP contribution < -0.4 is 5.32 Å². The summed E-state index contributed by atoms with van der Waals surface area (Å²) in [6, 6.07) is 25.7. The fourth-order valence-electron chi connectivity index (χ4n) is 6.56. The van der Waals surface area contributed by atoms with Gasteiger partial charge in [0.2, 0.25) is 5.78 Å². The summed E-state index contributed by atoms with van der Waals surface area (Å²) in [7, 11) is 0. The summed E-state index contributed by atoms with van der Waals surface area (Å²) in [6.45, 7) is 5.09.